The van der Waals surface area contributed by atoms with Crippen molar-refractivity contribution in [1.82, 2.24) is 10.5 Å². The zero-order valence-electron chi connectivity index (χ0n) is 11.3. The molecular formula is C14H18N4O2. The molecule has 1 aromatic carbocycles. The second-order valence-electron chi connectivity index (χ2n) is 4.57. The zero-order chi connectivity index (χ0) is 14.4. The zero-order valence-corrected chi connectivity index (χ0v) is 11.3. The Bertz CT molecular complexity index is 566. The van der Waals surface area contributed by atoms with Gasteiger partial charge in [0.1, 0.15) is 11.6 Å². The van der Waals surface area contributed by atoms with Gasteiger partial charge in [-0.1, -0.05) is 40.6 Å². The van der Waals surface area contributed by atoms with Crippen molar-refractivity contribution in [3.8, 4) is 0 Å². The fraction of sp³-hybridized carbons (Fsp3) is 0.286. The quantitative estimate of drug-likeness (QED) is 0.324. The highest BCUT2D eigenvalue weighted by Gasteiger charge is 2.14. The predicted octanol–water partition coefficient (Wildman–Crippen LogP) is 1.95. The first-order valence-electron chi connectivity index (χ1n) is 6.36. The van der Waals surface area contributed by atoms with E-state index >= 15 is 0 Å². The van der Waals surface area contributed by atoms with Crippen molar-refractivity contribution in [3.63, 3.8) is 0 Å². The van der Waals surface area contributed by atoms with Crippen molar-refractivity contribution in [2.45, 2.75) is 25.9 Å². The van der Waals surface area contributed by atoms with Gasteiger partial charge >= 0.3 is 0 Å². The number of aromatic nitrogens is 1. The molecule has 1 unspecified atom stereocenters. The van der Waals surface area contributed by atoms with Crippen LogP contribution in [0.5, 0.6) is 0 Å². The standard InChI is InChI=1S/C14H18N4O2/c1-10-7-12(18-20-10)9-16-13(8-14(15)17-19)11-5-3-2-4-6-11/h2-7,13,16,19H,8-9H2,1H3,(H2,15,17). The average molecular weight is 274 g/mol. The van der Waals surface area contributed by atoms with Crippen LogP contribution in [0.2, 0.25) is 0 Å². The monoisotopic (exact) mass is 274 g/mol. The maximum atomic E-state index is 8.73. The molecule has 1 aromatic heterocycles. The number of nitrogens with two attached hydrogens (primary N) is 1. The Morgan fingerprint density at radius 1 is 1.45 bits per heavy atom. The van der Waals surface area contributed by atoms with E-state index < -0.39 is 0 Å². The molecule has 6 heteroatoms. The van der Waals surface area contributed by atoms with Crippen molar-refractivity contribution in [2.24, 2.45) is 10.9 Å². The lowest BCUT2D eigenvalue weighted by Crippen LogP contribution is -2.26. The summed E-state index contributed by atoms with van der Waals surface area (Å²) in [4.78, 5) is 0. The van der Waals surface area contributed by atoms with Gasteiger partial charge in [0.25, 0.3) is 0 Å². The minimum atomic E-state index is -0.0518. The molecule has 0 bridgehead atoms. The largest absolute Gasteiger partial charge is 0.409 e. The van der Waals surface area contributed by atoms with E-state index in [1.807, 2.05) is 43.3 Å². The molecule has 1 heterocycles. The minimum Gasteiger partial charge on any atom is -0.409 e. The fourth-order valence-corrected chi connectivity index (χ4v) is 1.97. The summed E-state index contributed by atoms with van der Waals surface area (Å²) in [5, 5.41) is 19.0. The molecule has 0 saturated carbocycles. The summed E-state index contributed by atoms with van der Waals surface area (Å²) < 4.78 is 5.03. The third-order valence-corrected chi connectivity index (χ3v) is 2.95. The van der Waals surface area contributed by atoms with E-state index in [1.54, 1.807) is 0 Å². The lowest BCUT2D eigenvalue weighted by atomic mass is 10.0. The molecular weight excluding hydrogens is 256 g/mol. The average Bonchev–Trinajstić information content (AvgIpc) is 2.89. The highest BCUT2D eigenvalue weighted by molar-refractivity contribution is 5.80. The van der Waals surface area contributed by atoms with Crippen LogP contribution in [0.1, 0.15) is 29.5 Å². The van der Waals surface area contributed by atoms with Gasteiger partial charge in [-0.05, 0) is 12.5 Å². The number of hydrogen-bond acceptors (Lipinski definition) is 5. The summed E-state index contributed by atoms with van der Waals surface area (Å²) in [5.74, 6) is 0.956. The van der Waals surface area contributed by atoms with Crippen molar-refractivity contribution in [1.29, 1.82) is 0 Å². The van der Waals surface area contributed by atoms with Crippen molar-refractivity contribution >= 4 is 5.84 Å². The SMILES string of the molecule is Cc1cc(CNC(CC(N)=NO)c2ccccc2)no1. The van der Waals surface area contributed by atoms with Crippen molar-refractivity contribution < 1.29 is 9.73 Å². The molecule has 0 amide bonds. The Labute approximate surface area is 117 Å². The van der Waals surface area contributed by atoms with Gasteiger partial charge in [-0.15, -0.1) is 0 Å². The number of oxime groups is 1. The summed E-state index contributed by atoms with van der Waals surface area (Å²) in [6.45, 7) is 2.40. The van der Waals surface area contributed by atoms with E-state index in [9.17, 15) is 0 Å². The maximum Gasteiger partial charge on any atom is 0.141 e. The van der Waals surface area contributed by atoms with E-state index in [4.69, 9.17) is 15.5 Å². The molecule has 0 aliphatic heterocycles. The van der Waals surface area contributed by atoms with Crippen LogP contribution in [0.4, 0.5) is 0 Å². The number of nitrogens with zero attached hydrogens (tertiary/aromatic N) is 2. The van der Waals surface area contributed by atoms with Crippen molar-refractivity contribution in [2.75, 3.05) is 0 Å². The summed E-state index contributed by atoms with van der Waals surface area (Å²) in [5.41, 5.74) is 7.50. The smallest absolute Gasteiger partial charge is 0.141 e. The highest BCUT2D eigenvalue weighted by Crippen LogP contribution is 2.17. The van der Waals surface area contributed by atoms with Gasteiger partial charge in [0.15, 0.2) is 0 Å². The van der Waals surface area contributed by atoms with Crippen LogP contribution in [-0.4, -0.2) is 16.2 Å². The molecule has 0 aliphatic carbocycles. The van der Waals surface area contributed by atoms with Gasteiger partial charge in [0.2, 0.25) is 0 Å². The lowest BCUT2D eigenvalue weighted by Gasteiger charge is -2.17. The molecule has 1 atom stereocenters. The molecule has 20 heavy (non-hydrogen) atoms. The number of hydrogen-bond donors (Lipinski definition) is 3. The Kier molecular flexibility index (Phi) is 4.73. The Morgan fingerprint density at radius 3 is 2.80 bits per heavy atom. The molecule has 0 spiro atoms. The van der Waals surface area contributed by atoms with Crippen LogP contribution in [0.25, 0.3) is 0 Å². The van der Waals surface area contributed by atoms with Crippen LogP contribution in [-0.2, 0) is 6.54 Å². The molecule has 6 nitrogen and oxygen atoms in total. The molecule has 2 aromatic rings. The van der Waals surface area contributed by atoms with E-state index in [1.165, 1.54) is 0 Å². The fourth-order valence-electron chi connectivity index (χ4n) is 1.97. The normalized spacial score (nSPS) is 13.3. The molecule has 2 rings (SSSR count). The maximum absolute atomic E-state index is 8.73. The summed E-state index contributed by atoms with van der Waals surface area (Å²) in [6, 6.07) is 11.7. The number of benzene rings is 1. The Hall–Kier alpha value is -2.34. The topological polar surface area (TPSA) is 96.7 Å². The molecule has 0 saturated heterocycles. The van der Waals surface area contributed by atoms with Crippen LogP contribution < -0.4 is 11.1 Å². The Balaban J connectivity index is 2.06. The van der Waals surface area contributed by atoms with Crippen LogP contribution >= 0.6 is 0 Å². The molecule has 106 valence electrons. The van der Waals surface area contributed by atoms with E-state index in [2.05, 4.69) is 15.6 Å². The first kappa shape index (κ1) is 14.1. The van der Waals surface area contributed by atoms with Gasteiger partial charge < -0.3 is 20.8 Å². The van der Waals surface area contributed by atoms with Crippen LogP contribution in [0.15, 0.2) is 46.1 Å². The summed E-state index contributed by atoms with van der Waals surface area (Å²) >= 11 is 0. The van der Waals surface area contributed by atoms with E-state index in [0.29, 0.717) is 13.0 Å². The Morgan fingerprint density at radius 2 is 2.20 bits per heavy atom. The lowest BCUT2D eigenvalue weighted by molar-refractivity contribution is 0.315. The van der Waals surface area contributed by atoms with E-state index in [0.717, 1.165) is 17.0 Å². The predicted molar refractivity (Wildman–Crippen MR) is 75.3 cm³/mol. The number of amidine groups is 1. The second-order valence-corrected chi connectivity index (χ2v) is 4.57. The molecule has 4 N–H and O–H groups in total. The highest BCUT2D eigenvalue weighted by atomic mass is 16.5. The van der Waals surface area contributed by atoms with Gasteiger partial charge in [-0.3, -0.25) is 0 Å². The summed E-state index contributed by atoms with van der Waals surface area (Å²) in [6.07, 6.45) is 0.414. The number of rotatable bonds is 6. The number of aryl methyl sites for hydroxylation is 1. The first-order chi connectivity index (χ1) is 9.69. The van der Waals surface area contributed by atoms with Gasteiger partial charge in [-0.25, -0.2) is 0 Å². The summed E-state index contributed by atoms with van der Waals surface area (Å²) in [7, 11) is 0. The molecule has 0 radical (unpaired) electrons. The third-order valence-electron chi connectivity index (χ3n) is 2.95. The van der Waals surface area contributed by atoms with Crippen LogP contribution in [0.3, 0.4) is 0 Å². The van der Waals surface area contributed by atoms with Gasteiger partial charge in [-0.2, -0.15) is 0 Å². The van der Waals surface area contributed by atoms with Crippen molar-refractivity contribution in [3.05, 3.63) is 53.4 Å². The second kappa shape index (κ2) is 6.72. The van der Waals surface area contributed by atoms with Gasteiger partial charge in [0, 0.05) is 25.1 Å². The van der Waals surface area contributed by atoms with Gasteiger partial charge in [0.05, 0.1) is 5.69 Å². The first-order valence-corrected chi connectivity index (χ1v) is 6.36. The van der Waals surface area contributed by atoms with Crippen LogP contribution in [0, 0.1) is 6.92 Å². The molecule has 0 aliphatic rings. The van der Waals surface area contributed by atoms with E-state index in [-0.39, 0.29) is 11.9 Å². The molecule has 0 fully saturated rings. The third kappa shape index (κ3) is 3.83. The number of nitrogens with one attached hydrogen (secondary N) is 1. The minimum absolute atomic E-state index is 0.0518.